The van der Waals surface area contributed by atoms with Crippen LogP contribution in [0, 0.1) is 0 Å². The van der Waals surface area contributed by atoms with Gasteiger partial charge in [-0.1, -0.05) is 0 Å². The Bertz CT molecular complexity index is 1270. The van der Waals surface area contributed by atoms with Gasteiger partial charge in [0.05, 0.1) is 0 Å². The number of carbonyl (C=O) groups excluding carboxylic acids is 2. The third-order valence-electron chi connectivity index (χ3n) is 4.31. The molecule has 0 aliphatic carbocycles. The van der Waals surface area contributed by atoms with Crippen molar-refractivity contribution in [1.29, 1.82) is 0 Å². The number of aromatic nitrogens is 3. The SMILES string of the molecule is COC(=O)I(Cc1ccccc1)Nc1nnc(NC(=O)c2ccc3cccnc3c2O)s1. The van der Waals surface area contributed by atoms with Crippen LogP contribution < -0.4 is 8.85 Å². The number of fused-ring (bicyclic) bond motifs is 1. The van der Waals surface area contributed by atoms with E-state index >= 15 is 0 Å². The molecule has 32 heavy (non-hydrogen) atoms. The molecule has 164 valence electrons. The van der Waals surface area contributed by atoms with Crippen LogP contribution in [0.2, 0.25) is 0 Å². The van der Waals surface area contributed by atoms with Gasteiger partial charge in [0.25, 0.3) is 0 Å². The minimum atomic E-state index is -2.47. The Kier molecular flexibility index (Phi) is 6.75. The van der Waals surface area contributed by atoms with E-state index in [1.54, 1.807) is 24.4 Å². The average Bonchev–Trinajstić information content (AvgIpc) is 3.25. The number of nitrogens with one attached hydrogen (secondary N) is 2. The van der Waals surface area contributed by atoms with Crippen molar-refractivity contribution in [2.75, 3.05) is 16.0 Å². The van der Waals surface area contributed by atoms with Crippen LogP contribution in [-0.2, 0) is 9.16 Å². The molecule has 11 heteroatoms. The number of rotatable bonds is 7. The number of methoxy groups -OCH3 is 1. The first-order chi connectivity index (χ1) is 15.5. The third kappa shape index (κ3) is 4.94. The molecule has 0 radical (unpaired) electrons. The van der Waals surface area contributed by atoms with E-state index in [1.165, 1.54) is 13.2 Å². The van der Waals surface area contributed by atoms with Crippen LogP contribution in [0.3, 0.4) is 0 Å². The standard InChI is InChI=1S/C21H18IN5O4S/c1-31-19(30)22(12-13-6-3-2-4-7-13)25-21-27-26-20(32-21)24-18(29)15-10-9-14-8-5-11-23-16(14)17(15)28/h2-11,28H,12H2,1H3,(H,25,27)(H,24,26,29). The van der Waals surface area contributed by atoms with Crippen LogP contribution in [0.25, 0.3) is 10.9 Å². The van der Waals surface area contributed by atoms with Crippen molar-refractivity contribution in [1.82, 2.24) is 15.2 Å². The Morgan fingerprint density at radius 2 is 1.84 bits per heavy atom. The second kappa shape index (κ2) is 9.87. The Hall–Kier alpha value is -3.32. The fraction of sp³-hybridized carbons (Fsp3) is 0.0952. The van der Waals surface area contributed by atoms with Crippen molar-refractivity contribution >= 4 is 62.5 Å². The molecule has 0 unspecified atom stereocenters. The summed E-state index contributed by atoms with van der Waals surface area (Å²) in [4.78, 5) is 29.1. The number of phenolic OH excluding ortho intramolecular Hbond substituents is 1. The molecule has 0 aliphatic heterocycles. The number of alkyl halides is 1. The van der Waals surface area contributed by atoms with Gasteiger partial charge in [-0.2, -0.15) is 0 Å². The third-order valence-corrected chi connectivity index (χ3v) is 9.74. The maximum atomic E-state index is 12.7. The number of aromatic hydroxyl groups is 1. The summed E-state index contributed by atoms with van der Waals surface area (Å²) in [6, 6.07) is 16.4. The summed E-state index contributed by atoms with van der Waals surface area (Å²) in [5.41, 5.74) is 1.44. The molecule has 2 heterocycles. The summed E-state index contributed by atoms with van der Waals surface area (Å²) < 4.78 is 8.39. The van der Waals surface area contributed by atoms with Gasteiger partial charge in [0.2, 0.25) is 0 Å². The van der Waals surface area contributed by atoms with Crippen LogP contribution >= 0.6 is 31.4 Å². The Labute approximate surface area is 194 Å². The molecule has 0 spiro atoms. The van der Waals surface area contributed by atoms with E-state index in [1.807, 2.05) is 30.3 Å². The number of pyridine rings is 1. The van der Waals surface area contributed by atoms with Crippen LogP contribution in [0.4, 0.5) is 15.1 Å². The summed E-state index contributed by atoms with van der Waals surface area (Å²) in [5, 5.41) is 22.4. The fourth-order valence-corrected chi connectivity index (χ4v) is 7.62. The van der Waals surface area contributed by atoms with Crippen molar-refractivity contribution in [3.8, 4) is 5.75 Å². The van der Waals surface area contributed by atoms with Crippen molar-refractivity contribution in [2.45, 2.75) is 4.43 Å². The van der Waals surface area contributed by atoms with Gasteiger partial charge in [-0.15, -0.1) is 0 Å². The predicted octanol–water partition coefficient (Wildman–Crippen LogP) is 4.84. The Balaban J connectivity index is 1.47. The molecular formula is C21H18IN5O4S. The minimum absolute atomic E-state index is 0.0769. The second-order valence-electron chi connectivity index (χ2n) is 6.42. The molecule has 0 saturated carbocycles. The van der Waals surface area contributed by atoms with Gasteiger partial charge in [0.15, 0.2) is 0 Å². The van der Waals surface area contributed by atoms with E-state index < -0.39 is 26.0 Å². The molecule has 0 bridgehead atoms. The summed E-state index contributed by atoms with van der Waals surface area (Å²) >= 11 is -1.37. The molecule has 0 atom stereocenters. The van der Waals surface area contributed by atoms with E-state index in [9.17, 15) is 14.7 Å². The number of halogens is 1. The van der Waals surface area contributed by atoms with Crippen molar-refractivity contribution in [3.05, 3.63) is 71.9 Å². The van der Waals surface area contributed by atoms with Gasteiger partial charge in [0, 0.05) is 0 Å². The molecule has 4 rings (SSSR count). The molecular weight excluding hydrogens is 545 g/mol. The van der Waals surface area contributed by atoms with Crippen LogP contribution in [0.1, 0.15) is 15.9 Å². The number of ether oxygens (including phenoxy) is 1. The first kappa shape index (κ1) is 21.9. The van der Waals surface area contributed by atoms with Crippen LogP contribution in [0.5, 0.6) is 5.75 Å². The molecule has 0 aliphatic rings. The quantitative estimate of drug-likeness (QED) is 0.126. The summed E-state index contributed by atoms with van der Waals surface area (Å²) in [5.74, 6) is -0.740. The van der Waals surface area contributed by atoms with Gasteiger partial charge >= 0.3 is 195 Å². The van der Waals surface area contributed by atoms with E-state index in [0.29, 0.717) is 15.1 Å². The normalized spacial score (nSPS) is 11.1. The van der Waals surface area contributed by atoms with E-state index in [4.69, 9.17) is 4.74 Å². The number of amides is 1. The Morgan fingerprint density at radius 3 is 2.62 bits per heavy atom. The molecule has 2 aromatic heterocycles. The van der Waals surface area contributed by atoms with Crippen molar-refractivity contribution < 1.29 is 19.4 Å². The van der Waals surface area contributed by atoms with Crippen LogP contribution in [-0.4, -0.2) is 37.3 Å². The molecule has 0 saturated heterocycles. The van der Waals surface area contributed by atoms with Gasteiger partial charge in [0.1, 0.15) is 0 Å². The van der Waals surface area contributed by atoms with Gasteiger partial charge in [-0.25, -0.2) is 0 Å². The Morgan fingerprint density at radius 1 is 1.06 bits per heavy atom. The van der Waals surface area contributed by atoms with Crippen molar-refractivity contribution in [2.24, 2.45) is 0 Å². The summed E-state index contributed by atoms with van der Waals surface area (Å²) in [6.45, 7) is 0. The van der Waals surface area contributed by atoms with Gasteiger partial charge in [-0.3, -0.25) is 0 Å². The van der Waals surface area contributed by atoms with Crippen LogP contribution in [0.15, 0.2) is 60.8 Å². The number of carbonyl (C=O) groups is 2. The number of hydrogen-bond acceptors (Lipinski definition) is 9. The van der Waals surface area contributed by atoms with Crippen molar-refractivity contribution in [3.63, 3.8) is 0 Å². The zero-order valence-electron chi connectivity index (χ0n) is 16.8. The summed E-state index contributed by atoms with van der Waals surface area (Å²) in [7, 11) is 1.36. The topological polar surface area (TPSA) is 126 Å². The molecule has 2 aromatic carbocycles. The zero-order valence-corrected chi connectivity index (χ0v) is 19.8. The van der Waals surface area contributed by atoms with E-state index in [0.717, 1.165) is 22.3 Å². The van der Waals surface area contributed by atoms with Gasteiger partial charge < -0.3 is 0 Å². The number of phenols is 1. The first-order valence-corrected chi connectivity index (χ1v) is 13.8. The molecule has 9 nitrogen and oxygen atoms in total. The van der Waals surface area contributed by atoms with E-state index in [2.05, 4.69) is 24.0 Å². The number of nitrogens with zero attached hydrogens (tertiary/aromatic N) is 3. The number of benzene rings is 2. The molecule has 4 aromatic rings. The molecule has 0 fully saturated rings. The predicted molar refractivity (Wildman–Crippen MR) is 131 cm³/mol. The maximum absolute atomic E-state index is 12.7. The van der Waals surface area contributed by atoms with E-state index in [-0.39, 0.29) is 20.4 Å². The summed E-state index contributed by atoms with van der Waals surface area (Å²) in [6.07, 6.45) is 1.55. The second-order valence-corrected chi connectivity index (χ2v) is 11.6. The number of hydrogen-bond donors (Lipinski definition) is 3. The average molecular weight is 563 g/mol. The first-order valence-electron chi connectivity index (χ1n) is 9.31. The monoisotopic (exact) mass is 563 g/mol. The fourth-order valence-electron chi connectivity index (χ4n) is 2.83. The molecule has 3 N–H and O–H groups in total. The number of anilines is 2. The van der Waals surface area contributed by atoms with Gasteiger partial charge in [-0.05, 0) is 0 Å². The molecule has 1 amide bonds. The zero-order chi connectivity index (χ0) is 22.5.